The number of halogens is 1. The van der Waals surface area contributed by atoms with Crippen molar-refractivity contribution in [1.82, 2.24) is 5.43 Å². The van der Waals surface area contributed by atoms with E-state index in [4.69, 9.17) is 0 Å². The standard InChI is InChI=1S/C15H13FN2O3/c16-13-6-2-4-11(15(13)21)9-17-18-14(20)8-10-3-1-5-12(19)7-10/h1-7,9,19,21H,8H2,(H,18,20). The molecule has 6 heteroatoms. The summed E-state index contributed by atoms with van der Waals surface area (Å²) in [5.41, 5.74) is 3.06. The van der Waals surface area contributed by atoms with Gasteiger partial charge in [0.2, 0.25) is 5.91 Å². The molecule has 5 nitrogen and oxygen atoms in total. The van der Waals surface area contributed by atoms with E-state index >= 15 is 0 Å². The van der Waals surface area contributed by atoms with Gasteiger partial charge in [-0.3, -0.25) is 4.79 Å². The Balaban J connectivity index is 1.95. The number of phenols is 2. The quantitative estimate of drug-likeness (QED) is 0.594. The van der Waals surface area contributed by atoms with Gasteiger partial charge < -0.3 is 10.2 Å². The van der Waals surface area contributed by atoms with Gasteiger partial charge in [-0.25, -0.2) is 9.82 Å². The molecular weight excluding hydrogens is 275 g/mol. The number of hydrogen-bond acceptors (Lipinski definition) is 4. The van der Waals surface area contributed by atoms with Gasteiger partial charge in [0.05, 0.1) is 12.6 Å². The van der Waals surface area contributed by atoms with Crippen molar-refractivity contribution >= 4 is 12.1 Å². The second-order valence-electron chi connectivity index (χ2n) is 4.32. The highest BCUT2D eigenvalue weighted by molar-refractivity contribution is 5.85. The van der Waals surface area contributed by atoms with Gasteiger partial charge in [-0.05, 0) is 29.8 Å². The van der Waals surface area contributed by atoms with Gasteiger partial charge in [0.1, 0.15) is 5.75 Å². The summed E-state index contributed by atoms with van der Waals surface area (Å²) in [6.45, 7) is 0. The molecule has 0 aliphatic heterocycles. The van der Waals surface area contributed by atoms with Crippen molar-refractivity contribution in [3.05, 3.63) is 59.4 Å². The van der Waals surface area contributed by atoms with Crippen molar-refractivity contribution < 1.29 is 19.4 Å². The largest absolute Gasteiger partial charge is 0.508 e. The van der Waals surface area contributed by atoms with Crippen molar-refractivity contribution in [2.75, 3.05) is 0 Å². The zero-order chi connectivity index (χ0) is 15.2. The lowest BCUT2D eigenvalue weighted by atomic mass is 10.1. The molecule has 0 atom stereocenters. The molecule has 0 saturated heterocycles. The van der Waals surface area contributed by atoms with Crippen LogP contribution in [0.5, 0.6) is 11.5 Å². The Labute approximate surface area is 120 Å². The number of para-hydroxylation sites is 1. The summed E-state index contributed by atoms with van der Waals surface area (Å²) in [6.07, 6.45) is 1.19. The van der Waals surface area contributed by atoms with Crippen LogP contribution in [0.3, 0.4) is 0 Å². The lowest BCUT2D eigenvalue weighted by Crippen LogP contribution is -2.19. The summed E-state index contributed by atoms with van der Waals surface area (Å²) in [6, 6.07) is 10.3. The number of carbonyl (C=O) groups excluding carboxylic acids is 1. The third kappa shape index (κ3) is 4.04. The van der Waals surface area contributed by atoms with Crippen LogP contribution in [0, 0.1) is 5.82 Å². The normalized spacial score (nSPS) is 10.7. The first kappa shape index (κ1) is 14.5. The molecule has 0 saturated carbocycles. The number of phenolic OH excluding ortho intramolecular Hbond substituents is 2. The predicted octanol–water partition coefficient (Wildman–Crippen LogP) is 1.93. The lowest BCUT2D eigenvalue weighted by molar-refractivity contribution is -0.120. The topological polar surface area (TPSA) is 81.9 Å². The molecule has 0 bridgehead atoms. The Kier molecular flexibility index (Phi) is 4.50. The highest BCUT2D eigenvalue weighted by Gasteiger charge is 2.05. The number of benzene rings is 2. The number of aromatic hydroxyl groups is 2. The number of hydrogen-bond donors (Lipinski definition) is 3. The summed E-state index contributed by atoms with van der Waals surface area (Å²) in [5, 5.41) is 22.4. The van der Waals surface area contributed by atoms with Crippen molar-refractivity contribution in [1.29, 1.82) is 0 Å². The minimum absolute atomic E-state index is 0.0425. The average Bonchev–Trinajstić information content (AvgIpc) is 2.43. The zero-order valence-corrected chi connectivity index (χ0v) is 11.0. The van der Waals surface area contributed by atoms with Crippen LogP contribution in [0.2, 0.25) is 0 Å². The fraction of sp³-hybridized carbons (Fsp3) is 0.0667. The van der Waals surface area contributed by atoms with Gasteiger partial charge in [0.15, 0.2) is 11.6 Å². The van der Waals surface area contributed by atoms with Crippen LogP contribution >= 0.6 is 0 Å². The summed E-state index contributed by atoms with van der Waals surface area (Å²) >= 11 is 0. The van der Waals surface area contributed by atoms with E-state index in [-0.39, 0.29) is 17.7 Å². The maximum Gasteiger partial charge on any atom is 0.244 e. The molecule has 0 fully saturated rings. The molecule has 0 aromatic heterocycles. The van der Waals surface area contributed by atoms with Crippen molar-refractivity contribution in [2.24, 2.45) is 5.10 Å². The Morgan fingerprint density at radius 1 is 1.24 bits per heavy atom. The Hall–Kier alpha value is -2.89. The number of rotatable bonds is 4. The molecule has 0 spiro atoms. The van der Waals surface area contributed by atoms with E-state index < -0.39 is 17.5 Å². The van der Waals surface area contributed by atoms with Gasteiger partial charge in [-0.15, -0.1) is 0 Å². The molecule has 3 N–H and O–H groups in total. The molecule has 0 unspecified atom stereocenters. The van der Waals surface area contributed by atoms with E-state index in [0.29, 0.717) is 5.56 Å². The van der Waals surface area contributed by atoms with Gasteiger partial charge >= 0.3 is 0 Å². The van der Waals surface area contributed by atoms with E-state index in [1.807, 2.05) is 0 Å². The first-order chi connectivity index (χ1) is 10.1. The van der Waals surface area contributed by atoms with E-state index in [0.717, 1.165) is 12.3 Å². The fourth-order valence-electron chi connectivity index (χ4n) is 1.70. The third-order valence-corrected chi connectivity index (χ3v) is 2.69. The monoisotopic (exact) mass is 288 g/mol. The average molecular weight is 288 g/mol. The van der Waals surface area contributed by atoms with E-state index in [9.17, 15) is 19.4 Å². The Bertz CT molecular complexity index is 686. The van der Waals surface area contributed by atoms with Crippen molar-refractivity contribution in [3.63, 3.8) is 0 Å². The molecular formula is C15H13FN2O3. The number of hydrazone groups is 1. The van der Waals surface area contributed by atoms with Crippen LogP contribution < -0.4 is 5.43 Å². The number of carbonyl (C=O) groups is 1. The molecule has 2 rings (SSSR count). The minimum Gasteiger partial charge on any atom is -0.508 e. The Morgan fingerprint density at radius 3 is 2.76 bits per heavy atom. The molecule has 2 aromatic rings. The first-order valence-electron chi connectivity index (χ1n) is 6.13. The smallest absolute Gasteiger partial charge is 0.244 e. The summed E-state index contributed by atoms with van der Waals surface area (Å²) in [5.74, 6) is -1.60. The number of amides is 1. The SMILES string of the molecule is O=C(Cc1cccc(O)c1)NN=Cc1cccc(F)c1O. The number of nitrogens with zero attached hydrogens (tertiary/aromatic N) is 1. The molecule has 1 amide bonds. The predicted molar refractivity (Wildman–Crippen MR) is 75.6 cm³/mol. The number of nitrogens with one attached hydrogen (secondary N) is 1. The first-order valence-corrected chi connectivity index (χ1v) is 6.13. The van der Waals surface area contributed by atoms with Gasteiger partial charge in [0, 0.05) is 5.56 Å². The van der Waals surface area contributed by atoms with Crippen molar-refractivity contribution in [2.45, 2.75) is 6.42 Å². The maximum atomic E-state index is 13.1. The van der Waals surface area contributed by atoms with Gasteiger partial charge in [-0.2, -0.15) is 5.10 Å². The minimum atomic E-state index is -0.759. The molecule has 108 valence electrons. The Morgan fingerprint density at radius 2 is 2.00 bits per heavy atom. The van der Waals surface area contributed by atoms with Crippen LogP contribution in [0.4, 0.5) is 4.39 Å². The third-order valence-electron chi connectivity index (χ3n) is 2.69. The van der Waals surface area contributed by atoms with Gasteiger partial charge in [-0.1, -0.05) is 18.2 Å². The maximum absolute atomic E-state index is 13.1. The van der Waals surface area contributed by atoms with Crippen molar-refractivity contribution in [3.8, 4) is 11.5 Å². The van der Waals surface area contributed by atoms with Crippen LogP contribution in [0.15, 0.2) is 47.6 Å². The van der Waals surface area contributed by atoms with Crippen LogP contribution in [-0.2, 0) is 11.2 Å². The van der Waals surface area contributed by atoms with E-state index in [1.165, 1.54) is 24.3 Å². The van der Waals surface area contributed by atoms with Gasteiger partial charge in [0.25, 0.3) is 0 Å². The lowest BCUT2D eigenvalue weighted by Gasteiger charge is -2.02. The second kappa shape index (κ2) is 6.51. The van der Waals surface area contributed by atoms with Crippen LogP contribution in [-0.4, -0.2) is 22.3 Å². The molecule has 21 heavy (non-hydrogen) atoms. The molecule has 0 aliphatic rings. The highest BCUT2D eigenvalue weighted by Crippen LogP contribution is 2.18. The van der Waals surface area contributed by atoms with E-state index in [2.05, 4.69) is 10.5 Å². The summed E-state index contributed by atoms with van der Waals surface area (Å²) in [7, 11) is 0. The second-order valence-corrected chi connectivity index (χ2v) is 4.32. The molecule has 0 heterocycles. The van der Waals surface area contributed by atoms with Crippen LogP contribution in [0.25, 0.3) is 0 Å². The summed E-state index contributed by atoms with van der Waals surface area (Å²) in [4.78, 5) is 11.6. The fourth-order valence-corrected chi connectivity index (χ4v) is 1.70. The van der Waals surface area contributed by atoms with Crippen LogP contribution in [0.1, 0.15) is 11.1 Å². The zero-order valence-electron chi connectivity index (χ0n) is 11.0. The molecule has 0 aliphatic carbocycles. The van der Waals surface area contributed by atoms with E-state index in [1.54, 1.807) is 12.1 Å². The highest BCUT2D eigenvalue weighted by atomic mass is 19.1. The summed E-state index contributed by atoms with van der Waals surface area (Å²) < 4.78 is 13.1. The molecule has 0 radical (unpaired) electrons. The molecule has 2 aromatic carbocycles.